The number of nitrogens with two attached hydrogens (primary N) is 1. The summed E-state index contributed by atoms with van der Waals surface area (Å²) in [6.07, 6.45) is 0. The normalized spacial score (nSPS) is 10.4. The fraction of sp³-hybridized carbons (Fsp3) is 0.143. The first-order valence-electron chi connectivity index (χ1n) is 5.88. The third-order valence-corrected chi connectivity index (χ3v) is 2.71. The minimum atomic E-state index is -0.0249. The second kappa shape index (κ2) is 5.49. The van der Waals surface area contributed by atoms with Gasteiger partial charge >= 0.3 is 0 Å². The fourth-order valence-electron chi connectivity index (χ4n) is 1.87. The van der Waals surface area contributed by atoms with Crippen molar-refractivity contribution in [3.05, 3.63) is 36.4 Å². The summed E-state index contributed by atoms with van der Waals surface area (Å²) >= 11 is 0. The standard InChI is InChI=1S/C14H16N2O3/c15-14-2-1-10(16-3-4-17)7-13(14)9-5-11(18)8-12(19)6-9/h1-2,5-8,16-19H,3-4,15H2. The Morgan fingerprint density at radius 3 is 2.32 bits per heavy atom. The lowest BCUT2D eigenvalue weighted by Crippen LogP contribution is -2.05. The molecule has 5 nitrogen and oxygen atoms in total. The molecule has 0 saturated heterocycles. The van der Waals surface area contributed by atoms with E-state index in [0.717, 1.165) is 5.69 Å². The molecule has 19 heavy (non-hydrogen) atoms. The van der Waals surface area contributed by atoms with Gasteiger partial charge in [-0.1, -0.05) is 0 Å². The molecule has 0 spiro atoms. The SMILES string of the molecule is Nc1ccc(NCCO)cc1-c1cc(O)cc(O)c1. The number of nitrogen functional groups attached to an aromatic ring is 1. The van der Waals surface area contributed by atoms with Gasteiger partial charge in [0.25, 0.3) is 0 Å². The molecule has 0 atom stereocenters. The van der Waals surface area contributed by atoms with Gasteiger partial charge in [-0.15, -0.1) is 0 Å². The van der Waals surface area contributed by atoms with E-state index in [1.54, 1.807) is 18.2 Å². The number of rotatable bonds is 4. The summed E-state index contributed by atoms with van der Waals surface area (Å²) in [7, 11) is 0. The van der Waals surface area contributed by atoms with Crippen LogP contribution in [0.4, 0.5) is 11.4 Å². The van der Waals surface area contributed by atoms with Crippen molar-refractivity contribution in [2.24, 2.45) is 0 Å². The topological polar surface area (TPSA) is 98.7 Å². The van der Waals surface area contributed by atoms with Crippen LogP contribution in [0.1, 0.15) is 0 Å². The van der Waals surface area contributed by atoms with Crippen molar-refractivity contribution < 1.29 is 15.3 Å². The first kappa shape index (κ1) is 13.0. The van der Waals surface area contributed by atoms with Crippen LogP contribution >= 0.6 is 0 Å². The van der Waals surface area contributed by atoms with E-state index in [1.165, 1.54) is 18.2 Å². The predicted octanol–water partition coefficient (Wildman–Crippen LogP) is 1.75. The third kappa shape index (κ3) is 3.08. The average molecular weight is 260 g/mol. The maximum atomic E-state index is 9.51. The monoisotopic (exact) mass is 260 g/mol. The summed E-state index contributed by atoms with van der Waals surface area (Å²) in [5, 5.41) is 30.8. The van der Waals surface area contributed by atoms with Crippen LogP contribution in [0.2, 0.25) is 0 Å². The fourth-order valence-corrected chi connectivity index (χ4v) is 1.87. The van der Waals surface area contributed by atoms with Crippen molar-refractivity contribution in [2.75, 3.05) is 24.2 Å². The molecule has 100 valence electrons. The zero-order valence-electron chi connectivity index (χ0n) is 10.3. The van der Waals surface area contributed by atoms with E-state index < -0.39 is 0 Å². The minimum Gasteiger partial charge on any atom is -0.508 e. The van der Waals surface area contributed by atoms with Gasteiger partial charge in [-0.2, -0.15) is 0 Å². The molecule has 5 heteroatoms. The van der Waals surface area contributed by atoms with Gasteiger partial charge in [-0.3, -0.25) is 0 Å². The Labute approximate surface area is 110 Å². The Morgan fingerprint density at radius 1 is 1.00 bits per heavy atom. The minimum absolute atomic E-state index is 0.0249. The quantitative estimate of drug-likeness (QED) is 0.539. The van der Waals surface area contributed by atoms with E-state index in [-0.39, 0.29) is 18.1 Å². The van der Waals surface area contributed by atoms with Gasteiger partial charge in [0, 0.05) is 29.5 Å². The number of phenolic OH excluding ortho intramolecular Hbond substituents is 2. The zero-order chi connectivity index (χ0) is 13.8. The molecule has 0 radical (unpaired) electrons. The van der Waals surface area contributed by atoms with E-state index in [1.807, 2.05) is 0 Å². The van der Waals surface area contributed by atoms with Crippen molar-refractivity contribution in [2.45, 2.75) is 0 Å². The number of aromatic hydroxyl groups is 2. The molecule has 0 aliphatic heterocycles. The molecule has 0 fully saturated rings. The van der Waals surface area contributed by atoms with E-state index in [0.29, 0.717) is 23.4 Å². The second-order valence-electron chi connectivity index (χ2n) is 4.19. The van der Waals surface area contributed by atoms with Crippen LogP contribution in [0.15, 0.2) is 36.4 Å². The molecule has 0 aliphatic carbocycles. The van der Waals surface area contributed by atoms with Crippen LogP contribution in [0.3, 0.4) is 0 Å². The van der Waals surface area contributed by atoms with Crippen molar-refractivity contribution in [3.63, 3.8) is 0 Å². The molecule has 0 heterocycles. The Kier molecular flexibility index (Phi) is 3.77. The van der Waals surface area contributed by atoms with Gasteiger partial charge in [0.2, 0.25) is 0 Å². The summed E-state index contributed by atoms with van der Waals surface area (Å²) < 4.78 is 0. The summed E-state index contributed by atoms with van der Waals surface area (Å²) in [6, 6.07) is 9.66. The Balaban J connectivity index is 2.42. The van der Waals surface area contributed by atoms with Gasteiger partial charge in [-0.25, -0.2) is 0 Å². The Morgan fingerprint density at radius 2 is 1.68 bits per heavy atom. The highest BCUT2D eigenvalue weighted by Gasteiger charge is 2.07. The van der Waals surface area contributed by atoms with Crippen LogP contribution in [-0.4, -0.2) is 28.5 Å². The molecular weight excluding hydrogens is 244 g/mol. The Hall–Kier alpha value is -2.40. The lowest BCUT2D eigenvalue weighted by atomic mass is 10.0. The summed E-state index contributed by atoms with van der Waals surface area (Å²) in [5.41, 5.74) is 8.59. The van der Waals surface area contributed by atoms with Gasteiger partial charge < -0.3 is 26.4 Å². The maximum absolute atomic E-state index is 9.51. The number of nitrogens with one attached hydrogen (secondary N) is 1. The summed E-state index contributed by atoms with van der Waals surface area (Å²) in [6.45, 7) is 0.473. The molecule has 2 aromatic carbocycles. The van der Waals surface area contributed by atoms with Crippen molar-refractivity contribution >= 4 is 11.4 Å². The summed E-state index contributed by atoms with van der Waals surface area (Å²) in [4.78, 5) is 0. The smallest absolute Gasteiger partial charge is 0.119 e. The molecule has 6 N–H and O–H groups in total. The van der Waals surface area contributed by atoms with E-state index >= 15 is 0 Å². The molecule has 0 saturated carbocycles. The van der Waals surface area contributed by atoms with Crippen LogP contribution < -0.4 is 11.1 Å². The van der Waals surface area contributed by atoms with Crippen LogP contribution in [0.25, 0.3) is 11.1 Å². The van der Waals surface area contributed by atoms with Crippen LogP contribution in [-0.2, 0) is 0 Å². The second-order valence-corrected chi connectivity index (χ2v) is 4.19. The average Bonchev–Trinajstić information content (AvgIpc) is 2.36. The molecule has 2 rings (SSSR count). The van der Waals surface area contributed by atoms with Crippen LogP contribution in [0.5, 0.6) is 11.5 Å². The zero-order valence-corrected chi connectivity index (χ0v) is 10.3. The highest BCUT2D eigenvalue weighted by Crippen LogP contribution is 2.33. The number of benzene rings is 2. The predicted molar refractivity (Wildman–Crippen MR) is 75.2 cm³/mol. The number of hydrogen-bond acceptors (Lipinski definition) is 5. The molecule has 0 amide bonds. The number of hydrogen-bond donors (Lipinski definition) is 5. The number of phenols is 2. The molecule has 0 unspecified atom stereocenters. The van der Waals surface area contributed by atoms with E-state index in [9.17, 15) is 10.2 Å². The third-order valence-electron chi connectivity index (χ3n) is 2.71. The number of aliphatic hydroxyl groups is 1. The first-order chi connectivity index (χ1) is 9.10. The lowest BCUT2D eigenvalue weighted by Gasteiger charge is -2.11. The summed E-state index contributed by atoms with van der Waals surface area (Å²) in [5.74, 6) is -0.0498. The molecule has 0 aliphatic rings. The Bertz CT molecular complexity index is 565. The van der Waals surface area contributed by atoms with Crippen LogP contribution in [0, 0.1) is 0 Å². The molecular formula is C14H16N2O3. The highest BCUT2D eigenvalue weighted by atomic mass is 16.3. The highest BCUT2D eigenvalue weighted by molar-refractivity contribution is 5.81. The molecule has 0 bridgehead atoms. The molecule has 0 aromatic heterocycles. The maximum Gasteiger partial charge on any atom is 0.119 e. The van der Waals surface area contributed by atoms with Crippen molar-refractivity contribution in [3.8, 4) is 22.6 Å². The van der Waals surface area contributed by atoms with E-state index in [2.05, 4.69) is 5.32 Å². The van der Waals surface area contributed by atoms with Gasteiger partial charge in [0.1, 0.15) is 11.5 Å². The first-order valence-corrected chi connectivity index (χ1v) is 5.88. The van der Waals surface area contributed by atoms with Gasteiger partial charge in [0.05, 0.1) is 6.61 Å². The lowest BCUT2D eigenvalue weighted by molar-refractivity contribution is 0.311. The number of anilines is 2. The van der Waals surface area contributed by atoms with Crippen molar-refractivity contribution in [1.29, 1.82) is 0 Å². The van der Waals surface area contributed by atoms with E-state index in [4.69, 9.17) is 10.8 Å². The van der Waals surface area contributed by atoms with Gasteiger partial charge in [0.15, 0.2) is 0 Å². The number of aliphatic hydroxyl groups excluding tert-OH is 1. The molecule has 2 aromatic rings. The van der Waals surface area contributed by atoms with Gasteiger partial charge in [-0.05, 0) is 35.9 Å². The largest absolute Gasteiger partial charge is 0.508 e. The van der Waals surface area contributed by atoms with Crippen molar-refractivity contribution in [1.82, 2.24) is 0 Å².